The summed E-state index contributed by atoms with van der Waals surface area (Å²) in [6.45, 7) is 0.776. The molecule has 0 unspecified atom stereocenters. The van der Waals surface area contributed by atoms with Crippen LogP contribution in [0.3, 0.4) is 0 Å². The standard InChI is InChI=1S/C32H24BN5/c1-36-21-37(20-35-36)23-14-16-25-27-9-3-5-12-32(27)38-31-11-4-2-8-26(31)24-15-13-22(30-10-6-7-17-34-30)18-28(24)33(38)29(25)19-23/h2-20H,21H2,1H3. The Bertz CT molecular complexity index is 1750. The SMILES string of the molecule is CN1CN(c2ccc3c(c2)B2c4cc(-c5ccccn5)ccc4-c4ccccc4N2c2ccccc2-3)C=N1. The largest absolute Gasteiger partial charge is 0.376 e. The summed E-state index contributed by atoms with van der Waals surface area (Å²) in [5.41, 5.74) is 13.4. The predicted octanol–water partition coefficient (Wildman–Crippen LogP) is 5.31. The molecule has 180 valence electrons. The molecular formula is C32H24BN5. The van der Waals surface area contributed by atoms with Crippen LogP contribution in [0.4, 0.5) is 17.1 Å². The molecule has 0 radical (unpaired) electrons. The van der Waals surface area contributed by atoms with Crippen LogP contribution in [0.1, 0.15) is 0 Å². The summed E-state index contributed by atoms with van der Waals surface area (Å²) >= 11 is 0. The van der Waals surface area contributed by atoms with Crippen LogP contribution in [0.25, 0.3) is 33.5 Å². The topological polar surface area (TPSA) is 35.0 Å². The third-order valence-electron chi connectivity index (χ3n) is 7.88. The molecule has 6 heteroatoms. The monoisotopic (exact) mass is 489 g/mol. The van der Waals surface area contributed by atoms with Gasteiger partial charge in [-0.1, -0.05) is 66.7 Å². The van der Waals surface area contributed by atoms with Crippen molar-refractivity contribution < 1.29 is 0 Å². The van der Waals surface area contributed by atoms with Gasteiger partial charge < -0.3 is 9.71 Å². The molecule has 0 fully saturated rings. The van der Waals surface area contributed by atoms with Crippen molar-refractivity contribution in [1.82, 2.24) is 9.99 Å². The number of para-hydroxylation sites is 2. The van der Waals surface area contributed by atoms with Gasteiger partial charge in [0.2, 0.25) is 0 Å². The first-order valence-electron chi connectivity index (χ1n) is 13.0. The van der Waals surface area contributed by atoms with E-state index in [1.165, 1.54) is 44.6 Å². The van der Waals surface area contributed by atoms with Gasteiger partial charge in [0.15, 0.2) is 0 Å². The Labute approximate surface area is 222 Å². The van der Waals surface area contributed by atoms with Gasteiger partial charge in [-0.2, -0.15) is 5.10 Å². The van der Waals surface area contributed by atoms with Crippen LogP contribution >= 0.6 is 0 Å². The van der Waals surface area contributed by atoms with Crippen molar-refractivity contribution in [2.45, 2.75) is 0 Å². The van der Waals surface area contributed by atoms with Crippen molar-refractivity contribution in [2.75, 3.05) is 23.4 Å². The number of hydrogen-bond acceptors (Lipinski definition) is 5. The molecule has 0 amide bonds. The van der Waals surface area contributed by atoms with Crippen molar-refractivity contribution in [3.8, 4) is 33.5 Å². The van der Waals surface area contributed by atoms with Crippen molar-refractivity contribution in [3.63, 3.8) is 0 Å². The first-order valence-corrected chi connectivity index (χ1v) is 13.0. The number of anilines is 3. The second-order valence-electron chi connectivity index (χ2n) is 10.1. The Morgan fingerprint density at radius 1 is 0.684 bits per heavy atom. The fraction of sp³-hybridized carbons (Fsp3) is 0.0625. The first-order chi connectivity index (χ1) is 18.8. The minimum Gasteiger partial charge on any atom is -0.376 e. The maximum atomic E-state index is 4.66. The Morgan fingerprint density at radius 2 is 1.37 bits per heavy atom. The summed E-state index contributed by atoms with van der Waals surface area (Å²) in [6.07, 6.45) is 3.78. The molecule has 4 heterocycles. The lowest BCUT2D eigenvalue weighted by Gasteiger charge is -2.43. The van der Waals surface area contributed by atoms with Crippen LogP contribution in [-0.2, 0) is 0 Å². The molecule has 0 bridgehead atoms. The Morgan fingerprint density at radius 3 is 2.05 bits per heavy atom. The van der Waals surface area contributed by atoms with Crippen LogP contribution in [0.2, 0.25) is 0 Å². The number of nitrogens with zero attached hydrogens (tertiary/aromatic N) is 5. The predicted molar refractivity (Wildman–Crippen MR) is 158 cm³/mol. The number of rotatable bonds is 2. The molecule has 5 aromatic rings. The molecule has 38 heavy (non-hydrogen) atoms. The van der Waals surface area contributed by atoms with Crippen LogP contribution in [-0.4, -0.2) is 36.9 Å². The van der Waals surface area contributed by atoms with E-state index in [-0.39, 0.29) is 6.85 Å². The zero-order valence-corrected chi connectivity index (χ0v) is 21.0. The molecular weight excluding hydrogens is 465 g/mol. The molecule has 0 saturated heterocycles. The highest BCUT2D eigenvalue weighted by molar-refractivity contribution is 6.92. The smallest absolute Gasteiger partial charge is 0.329 e. The maximum absolute atomic E-state index is 4.66. The van der Waals surface area contributed by atoms with E-state index in [2.05, 4.69) is 117 Å². The average Bonchev–Trinajstić information content (AvgIpc) is 3.43. The quantitative estimate of drug-likeness (QED) is 0.315. The zero-order chi connectivity index (χ0) is 25.2. The van der Waals surface area contributed by atoms with Gasteiger partial charge in [-0.25, -0.2) is 0 Å². The normalized spacial score (nSPS) is 14.6. The van der Waals surface area contributed by atoms with Gasteiger partial charge in [0, 0.05) is 41.4 Å². The second kappa shape index (κ2) is 8.08. The Balaban J connectivity index is 1.41. The molecule has 3 aliphatic rings. The van der Waals surface area contributed by atoms with E-state index >= 15 is 0 Å². The van der Waals surface area contributed by atoms with Crippen molar-refractivity contribution in [2.24, 2.45) is 5.10 Å². The van der Waals surface area contributed by atoms with Gasteiger partial charge >= 0.3 is 6.85 Å². The molecule has 0 N–H and O–H groups in total. The van der Waals surface area contributed by atoms with E-state index in [1.807, 2.05) is 30.7 Å². The highest BCUT2D eigenvalue weighted by atomic mass is 15.6. The van der Waals surface area contributed by atoms with Gasteiger partial charge in [-0.05, 0) is 64.0 Å². The van der Waals surface area contributed by atoms with E-state index in [0.29, 0.717) is 0 Å². The molecule has 0 spiro atoms. The van der Waals surface area contributed by atoms with E-state index < -0.39 is 0 Å². The number of aromatic nitrogens is 1. The Kier molecular flexibility index (Phi) is 4.52. The van der Waals surface area contributed by atoms with Gasteiger partial charge in [0.1, 0.15) is 13.0 Å². The lowest BCUT2D eigenvalue weighted by atomic mass is 9.43. The summed E-state index contributed by atoms with van der Waals surface area (Å²) in [5, 5.41) is 6.40. The fourth-order valence-electron chi connectivity index (χ4n) is 6.20. The summed E-state index contributed by atoms with van der Waals surface area (Å²) in [5.74, 6) is 0. The molecule has 0 atom stereocenters. The van der Waals surface area contributed by atoms with Crippen molar-refractivity contribution in [3.05, 3.63) is 109 Å². The van der Waals surface area contributed by atoms with Crippen LogP contribution in [0.5, 0.6) is 0 Å². The number of fused-ring (bicyclic) bond motifs is 11. The number of pyridine rings is 1. The minimum absolute atomic E-state index is 0.0330. The fourth-order valence-corrected chi connectivity index (χ4v) is 6.20. The van der Waals surface area contributed by atoms with Crippen LogP contribution in [0, 0.1) is 0 Å². The summed E-state index contributed by atoms with van der Waals surface area (Å²) in [7, 11) is 2.00. The van der Waals surface area contributed by atoms with Crippen molar-refractivity contribution in [1.29, 1.82) is 0 Å². The molecule has 0 aliphatic carbocycles. The van der Waals surface area contributed by atoms with E-state index in [9.17, 15) is 0 Å². The maximum Gasteiger partial charge on any atom is 0.329 e. The van der Waals surface area contributed by atoms with Crippen LogP contribution < -0.4 is 20.6 Å². The zero-order valence-electron chi connectivity index (χ0n) is 21.0. The Hall–Kier alpha value is -4.84. The highest BCUT2D eigenvalue weighted by Gasteiger charge is 2.42. The molecule has 0 saturated carbocycles. The third kappa shape index (κ3) is 3.07. The van der Waals surface area contributed by atoms with Gasteiger partial charge in [-0.15, -0.1) is 0 Å². The van der Waals surface area contributed by atoms with E-state index in [0.717, 1.165) is 23.6 Å². The first kappa shape index (κ1) is 21.3. The molecule has 8 rings (SSSR count). The van der Waals surface area contributed by atoms with Crippen LogP contribution in [0.15, 0.2) is 114 Å². The lowest BCUT2D eigenvalue weighted by Crippen LogP contribution is -2.59. The van der Waals surface area contributed by atoms with Gasteiger partial charge in [0.05, 0.1) is 5.69 Å². The van der Waals surface area contributed by atoms with E-state index in [1.54, 1.807) is 0 Å². The summed E-state index contributed by atoms with van der Waals surface area (Å²) < 4.78 is 0. The third-order valence-corrected chi connectivity index (χ3v) is 7.88. The van der Waals surface area contributed by atoms with Crippen molar-refractivity contribution >= 4 is 41.2 Å². The highest BCUT2D eigenvalue weighted by Crippen LogP contribution is 2.46. The number of hydrogen-bond donors (Lipinski definition) is 0. The summed E-state index contributed by atoms with van der Waals surface area (Å²) in [4.78, 5) is 9.40. The molecule has 1 aromatic heterocycles. The molecule has 3 aliphatic heterocycles. The minimum atomic E-state index is 0.0330. The van der Waals surface area contributed by atoms with E-state index in [4.69, 9.17) is 0 Å². The van der Waals surface area contributed by atoms with Gasteiger partial charge in [0.25, 0.3) is 0 Å². The lowest BCUT2D eigenvalue weighted by molar-refractivity contribution is 0.393. The average molecular weight is 489 g/mol. The van der Waals surface area contributed by atoms with Gasteiger partial charge in [-0.3, -0.25) is 9.99 Å². The number of benzene rings is 4. The molecule has 4 aromatic carbocycles. The number of hydrazone groups is 1. The molecule has 5 nitrogen and oxygen atoms in total. The second-order valence-corrected chi connectivity index (χ2v) is 10.1. The summed E-state index contributed by atoms with van der Waals surface area (Å²) in [6, 6.07) is 37.4.